The Morgan fingerprint density at radius 1 is 1.07 bits per heavy atom. The van der Waals surface area contributed by atoms with Crippen LogP contribution in [0.15, 0.2) is 58.2 Å². The lowest BCUT2D eigenvalue weighted by Crippen LogP contribution is -2.28. The van der Waals surface area contributed by atoms with E-state index in [2.05, 4.69) is 37.4 Å². The molecule has 2 aromatic heterocycles. The van der Waals surface area contributed by atoms with Crippen LogP contribution in [0.5, 0.6) is 0 Å². The molecule has 0 bridgehead atoms. The van der Waals surface area contributed by atoms with Crippen LogP contribution in [0.25, 0.3) is 16.7 Å². The number of nitrogens with one attached hydrogen (secondary N) is 1. The van der Waals surface area contributed by atoms with Gasteiger partial charge in [-0.1, -0.05) is 12.1 Å². The Balaban J connectivity index is 1.63. The van der Waals surface area contributed by atoms with Crippen molar-refractivity contribution in [2.75, 3.05) is 5.32 Å². The average molecular weight is 466 g/mol. The van der Waals surface area contributed by atoms with Crippen molar-refractivity contribution in [2.24, 2.45) is 0 Å². The van der Waals surface area contributed by atoms with E-state index >= 15 is 0 Å². The molecule has 1 amide bonds. The number of halogens is 1. The van der Waals surface area contributed by atoms with Crippen molar-refractivity contribution in [3.8, 4) is 5.69 Å². The molecular formula is C22H20BrN5O2. The summed E-state index contributed by atoms with van der Waals surface area (Å²) in [6.45, 7) is 5.84. The largest absolute Gasteiger partial charge is 0.324 e. The second-order valence-corrected chi connectivity index (χ2v) is 8.20. The fourth-order valence-electron chi connectivity index (χ4n) is 3.39. The summed E-state index contributed by atoms with van der Waals surface area (Å²) in [6, 6.07) is 11.7. The van der Waals surface area contributed by atoms with Crippen molar-refractivity contribution in [3.05, 3.63) is 80.4 Å². The summed E-state index contributed by atoms with van der Waals surface area (Å²) in [6.07, 6.45) is 2.88. The maximum Gasteiger partial charge on any atom is 0.264 e. The van der Waals surface area contributed by atoms with Crippen molar-refractivity contribution < 1.29 is 4.79 Å². The molecule has 152 valence electrons. The first kappa shape index (κ1) is 20.0. The summed E-state index contributed by atoms with van der Waals surface area (Å²) in [7, 11) is 0. The lowest BCUT2D eigenvalue weighted by Gasteiger charge is -2.10. The molecule has 0 aliphatic rings. The summed E-state index contributed by atoms with van der Waals surface area (Å²) in [5, 5.41) is 7.52. The summed E-state index contributed by atoms with van der Waals surface area (Å²) >= 11 is 3.44. The molecule has 0 spiro atoms. The van der Waals surface area contributed by atoms with Crippen molar-refractivity contribution in [1.29, 1.82) is 0 Å². The van der Waals surface area contributed by atoms with Gasteiger partial charge < -0.3 is 5.32 Å². The number of amides is 1. The second kappa shape index (κ2) is 7.87. The fourth-order valence-corrected chi connectivity index (χ4v) is 3.98. The van der Waals surface area contributed by atoms with Gasteiger partial charge in [0.1, 0.15) is 18.3 Å². The quantitative estimate of drug-likeness (QED) is 0.495. The van der Waals surface area contributed by atoms with Crippen LogP contribution in [-0.4, -0.2) is 25.2 Å². The smallest absolute Gasteiger partial charge is 0.264 e. The Labute approximate surface area is 181 Å². The summed E-state index contributed by atoms with van der Waals surface area (Å²) in [4.78, 5) is 29.8. The minimum Gasteiger partial charge on any atom is -0.324 e. The molecule has 0 aliphatic heterocycles. The zero-order valence-electron chi connectivity index (χ0n) is 16.8. The molecular weight excluding hydrogens is 446 g/mol. The normalized spacial score (nSPS) is 11.1. The van der Waals surface area contributed by atoms with Crippen LogP contribution in [0.1, 0.15) is 16.7 Å². The van der Waals surface area contributed by atoms with Gasteiger partial charge in [-0.3, -0.25) is 14.2 Å². The monoisotopic (exact) mass is 465 g/mol. The summed E-state index contributed by atoms with van der Waals surface area (Å²) in [5.74, 6) is -0.315. The lowest BCUT2D eigenvalue weighted by atomic mass is 10.1. The van der Waals surface area contributed by atoms with Gasteiger partial charge >= 0.3 is 0 Å². The molecule has 1 N–H and O–H groups in total. The number of rotatable bonds is 4. The molecule has 2 heterocycles. The van der Waals surface area contributed by atoms with Crippen LogP contribution in [0.4, 0.5) is 5.69 Å². The number of fused-ring (bicyclic) bond motifs is 1. The van der Waals surface area contributed by atoms with Crippen molar-refractivity contribution in [1.82, 2.24) is 19.3 Å². The highest BCUT2D eigenvalue weighted by atomic mass is 79.9. The Morgan fingerprint density at radius 3 is 2.50 bits per heavy atom. The molecule has 0 saturated heterocycles. The first-order valence-corrected chi connectivity index (χ1v) is 10.2. The van der Waals surface area contributed by atoms with E-state index in [4.69, 9.17) is 0 Å². The molecule has 0 atom stereocenters. The molecule has 7 nitrogen and oxygen atoms in total. The minimum absolute atomic E-state index is 0.142. The number of benzene rings is 2. The number of nitrogens with zero attached hydrogens (tertiary/aromatic N) is 4. The number of hydrogen-bond donors (Lipinski definition) is 1. The average Bonchev–Trinajstić information content (AvgIpc) is 3.10. The van der Waals surface area contributed by atoms with Crippen molar-refractivity contribution in [2.45, 2.75) is 27.3 Å². The third kappa shape index (κ3) is 3.91. The van der Waals surface area contributed by atoms with Gasteiger partial charge in [-0.05, 0) is 77.7 Å². The zero-order valence-corrected chi connectivity index (χ0v) is 18.4. The van der Waals surface area contributed by atoms with E-state index in [0.29, 0.717) is 16.7 Å². The molecule has 0 saturated carbocycles. The van der Waals surface area contributed by atoms with Gasteiger partial charge in [-0.15, -0.1) is 0 Å². The molecule has 0 fully saturated rings. The highest BCUT2D eigenvalue weighted by molar-refractivity contribution is 9.10. The van der Waals surface area contributed by atoms with E-state index in [1.807, 2.05) is 51.1 Å². The number of hydrogen-bond acceptors (Lipinski definition) is 4. The topological polar surface area (TPSA) is 81.8 Å². The first-order chi connectivity index (χ1) is 14.3. The number of carbonyl (C=O) groups excluding carboxylic acids is 1. The van der Waals surface area contributed by atoms with Crippen molar-refractivity contribution >= 4 is 38.6 Å². The van der Waals surface area contributed by atoms with Crippen molar-refractivity contribution in [3.63, 3.8) is 0 Å². The highest BCUT2D eigenvalue weighted by Gasteiger charge is 2.14. The molecule has 0 aliphatic carbocycles. The second-order valence-electron chi connectivity index (χ2n) is 7.35. The van der Waals surface area contributed by atoms with E-state index in [0.717, 1.165) is 26.9 Å². The van der Waals surface area contributed by atoms with Crippen LogP contribution in [0, 0.1) is 20.8 Å². The number of anilines is 1. The SMILES string of the molecule is Cc1cc(C)cc(-n2ncc3c(=O)n(CC(=O)Nc4ccc(C)cc4Br)cnc32)c1. The molecule has 30 heavy (non-hydrogen) atoms. The van der Waals surface area contributed by atoms with Crippen LogP contribution in [-0.2, 0) is 11.3 Å². The molecule has 8 heteroatoms. The lowest BCUT2D eigenvalue weighted by molar-refractivity contribution is -0.116. The van der Waals surface area contributed by atoms with Gasteiger partial charge in [0.05, 0.1) is 17.6 Å². The van der Waals surface area contributed by atoms with Crippen LogP contribution in [0.2, 0.25) is 0 Å². The third-order valence-electron chi connectivity index (χ3n) is 4.72. The van der Waals surface area contributed by atoms with Gasteiger partial charge in [0.15, 0.2) is 5.65 Å². The van der Waals surface area contributed by atoms with E-state index in [1.54, 1.807) is 4.68 Å². The molecule has 4 rings (SSSR count). The Hall–Kier alpha value is -3.26. The zero-order chi connectivity index (χ0) is 21.4. The molecule has 4 aromatic rings. The highest BCUT2D eigenvalue weighted by Crippen LogP contribution is 2.23. The van der Waals surface area contributed by atoms with Crippen LogP contribution < -0.4 is 10.9 Å². The van der Waals surface area contributed by atoms with Crippen LogP contribution in [0.3, 0.4) is 0 Å². The summed E-state index contributed by atoms with van der Waals surface area (Å²) < 4.78 is 3.71. The molecule has 2 aromatic carbocycles. The van der Waals surface area contributed by atoms with E-state index < -0.39 is 0 Å². The maximum atomic E-state index is 12.9. The Kier molecular flexibility index (Phi) is 5.26. The van der Waals surface area contributed by atoms with Gasteiger partial charge in [-0.25, -0.2) is 9.67 Å². The molecule has 0 unspecified atom stereocenters. The third-order valence-corrected chi connectivity index (χ3v) is 5.37. The van der Waals surface area contributed by atoms with Gasteiger partial charge in [0, 0.05) is 4.47 Å². The maximum absolute atomic E-state index is 12.9. The van der Waals surface area contributed by atoms with Gasteiger partial charge in [-0.2, -0.15) is 5.10 Å². The van der Waals surface area contributed by atoms with E-state index in [9.17, 15) is 9.59 Å². The van der Waals surface area contributed by atoms with Gasteiger partial charge in [0.2, 0.25) is 5.91 Å². The molecule has 0 radical (unpaired) electrons. The predicted molar refractivity (Wildman–Crippen MR) is 120 cm³/mol. The first-order valence-electron chi connectivity index (χ1n) is 9.39. The van der Waals surface area contributed by atoms with E-state index in [-0.39, 0.29) is 18.0 Å². The predicted octanol–water partition coefficient (Wildman–Crippen LogP) is 3.91. The summed E-state index contributed by atoms with van der Waals surface area (Å²) in [5.41, 5.74) is 4.91. The Morgan fingerprint density at radius 2 is 1.80 bits per heavy atom. The number of carbonyl (C=O) groups is 1. The fraction of sp³-hybridized carbons (Fsp3) is 0.182. The number of aromatic nitrogens is 4. The van der Waals surface area contributed by atoms with Gasteiger partial charge in [0.25, 0.3) is 5.56 Å². The number of aryl methyl sites for hydroxylation is 3. The minimum atomic E-state index is -0.315. The standard InChI is InChI=1S/C22H20BrN5O2/c1-13-4-5-19(18(23)9-13)26-20(29)11-27-12-24-21-17(22(27)30)10-25-28(21)16-7-14(2)6-15(3)8-16/h4-10,12H,11H2,1-3H3,(H,26,29). The van der Waals surface area contributed by atoms with Crippen LogP contribution >= 0.6 is 15.9 Å². The van der Waals surface area contributed by atoms with E-state index in [1.165, 1.54) is 17.1 Å². The Bertz CT molecular complexity index is 1320.